The summed E-state index contributed by atoms with van der Waals surface area (Å²) in [7, 11) is 1.52. The Morgan fingerprint density at radius 2 is 2.29 bits per heavy atom. The fourth-order valence-electron chi connectivity index (χ4n) is 2.53. The maximum absolute atomic E-state index is 11.6. The van der Waals surface area contributed by atoms with Crippen molar-refractivity contribution in [1.82, 2.24) is 4.90 Å². The number of nitrogens with zero attached hydrogens (tertiary/aromatic N) is 1. The highest BCUT2D eigenvalue weighted by Gasteiger charge is 2.37. The molecule has 2 fully saturated rings. The molecule has 0 aromatic carbocycles. The number of methoxy groups -OCH3 is 1. The lowest BCUT2D eigenvalue weighted by Crippen LogP contribution is -2.42. The van der Waals surface area contributed by atoms with Crippen molar-refractivity contribution in [2.24, 2.45) is 5.92 Å². The van der Waals surface area contributed by atoms with E-state index in [0.717, 1.165) is 25.3 Å². The van der Waals surface area contributed by atoms with Crippen LogP contribution in [0.25, 0.3) is 0 Å². The molecular formula is C10H17NO3. The van der Waals surface area contributed by atoms with Crippen LogP contribution in [0.4, 0.5) is 4.79 Å². The largest absolute Gasteiger partial charge is 0.422 e. The van der Waals surface area contributed by atoms with E-state index in [1.807, 2.05) is 4.90 Å². The molecule has 0 spiro atoms. The van der Waals surface area contributed by atoms with Crippen molar-refractivity contribution < 1.29 is 14.3 Å². The van der Waals surface area contributed by atoms with Gasteiger partial charge >= 0.3 is 6.09 Å². The highest BCUT2D eigenvalue weighted by Crippen LogP contribution is 2.36. The quantitative estimate of drug-likeness (QED) is 0.634. The molecule has 2 aliphatic rings. The van der Waals surface area contributed by atoms with E-state index in [9.17, 15) is 4.79 Å². The number of likely N-dealkylation sites (tertiary alicyclic amines) is 1. The first-order chi connectivity index (χ1) is 6.81. The number of carbonyl (C=O) groups is 1. The van der Waals surface area contributed by atoms with E-state index in [1.54, 1.807) is 0 Å². The molecule has 4 heteroatoms. The zero-order chi connectivity index (χ0) is 9.97. The average Bonchev–Trinajstić information content (AvgIpc) is 2.57. The molecule has 1 aliphatic carbocycles. The van der Waals surface area contributed by atoms with Crippen LogP contribution in [0.3, 0.4) is 0 Å². The summed E-state index contributed by atoms with van der Waals surface area (Å²) in [5.74, 6) is 0.853. The lowest BCUT2D eigenvalue weighted by Gasteiger charge is -2.32. The second-order valence-electron chi connectivity index (χ2n) is 4.13. The van der Waals surface area contributed by atoms with Gasteiger partial charge in [0.1, 0.15) is 0 Å². The molecule has 80 valence electrons. The molecule has 4 nitrogen and oxygen atoms in total. The van der Waals surface area contributed by atoms with Crippen LogP contribution < -0.4 is 0 Å². The number of piperidine rings is 1. The molecule has 0 aromatic heterocycles. The van der Waals surface area contributed by atoms with Crippen molar-refractivity contribution in [2.75, 3.05) is 20.4 Å². The topological polar surface area (TPSA) is 38.8 Å². The summed E-state index contributed by atoms with van der Waals surface area (Å²) in [5.41, 5.74) is 0. The number of rotatable bonds is 2. The van der Waals surface area contributed by atoms with Gasteiger partial charge in [-0.3, -0.25) is 0 Å². The van der Waals surface area contributed by atoms with Crippen LogP contribution in [0.5, 0.6) is 0 Å². The van der Waals surface area contributed by atoms with Crippen LogP contribution in [0.15, 0.2) is 0 Å². The normalized spacial score (nSPS) is 30.5. The van der Waals surface area contributed by atoms with E-state index in [-0.39, 0.29) is 12.9 Å². The first kappa shape index (κ1) is 9.77. The van der Waals surface area contributed by atoms with Crippen LogP contribution in [0.2, 0.25) is 0 Å². The van der Waals surface area contributed by atoms with Gasteiger partial charge in [-0.2, -0.15) is 0 Å². The molecule has 1 heterocycles. The van der Waals surface area contributed by atoms with Gasteiger partial charge in [-0.15, -0.1) is 0 Å². The van der Waals surface area contributed by atoms with Crippen LogP contribution >= 0.6 is 0 Å². The second kappa shape index (κ2) is 4.17. The van der Waals surface area contributed by atoms with Gasteiger partial charge in [0, 0.05) is 19.7 Å². The Morgan fingerprint density at radius 1 is 1.43 bits per heavy atom. The third-order valence-electron chi connectivity index (χ3n) is 3.27. The summed E-state index contributed by atoms with van der Waals surface area (Å²) in [6.45, 7) is 0.920. The minimum atomic E-state index is -0.211. The summed E-state index contributed by atoms with van der Waals surface area (Å²) < 4.78 is 9.66. The van der Waals surface area contributed by atoms with E-state index >= 15 is 0 Å². The van der Waals surface area contributed by atoms with Crippen molar-refractivity contribution in [3.05, 3.63) is 0 Å². The van der Waals surface area contributed by atoms with E-state index in [1.165, 1.54) is 20.0 Å². The zero-order valence-electron chi connectivity index (χ0n) is 8.57. The van der Waals surface area contributed by atoms with Gasteiger partial charge in [-0.1, -0.05) is 0 Å². The lowest BCUT2D eigenvalue weighted by molar-refractivity contribution is -0.0124. The SMILES string of the molecule is COCOC(=O)N1CCC2CCC1C2. The van der Waals surface area contributed by atoms with Gasteiger partial charge in [0.25, 0.3) is 0 Å². The molecule has 1 aliphatic heterocycles. The number of amides is 1. The number of ether oxygens (including phenoxy) is 2. The van der Waals surface area contributed by atoms with Crippen molar-refractivity contribution in [3.8, 4) is 0 Å². The Balaban J connectivity index is 1.87. The van der Waals surface area contributed by atoms with Crippen molar-refractivity contribution in [3.63, 3.8) is 0 Å². The highest BCUT2D eigenvalue weighted by molar-refractivity contribution is 5.68. The third kappa shape index (κ3) is 1.85. The number of hydrogen-bond donors (Lipinski definition) is 0. The Morgan fingerprint density at radius 3 is 3.07 bits per heavy atom. The smallest absolute Gasteiger partial charge is 0.412 e. The molecular weight excluding hydrogens is 182 g/mol. The molecule has 1 saturated carbocycles. The number of fused-ring (bicyclic) bond motifs is 2. The molecule has 2 bridgehead atoms. The Hall–Kier alpha value is -0.770. The predicted octanol–water partition coefficient (Wildman–Crippen LogP) is 1.60. The molecule has 2 unspecified atom stereocenters. The molecule has 1 saturated heterocycles. The predicted molar refractivity (Wildman–Crippen MR) is 50.8 cm³/mol. The molecule has 2 rings (SSSR count). The highest BCUT2D eigenvalue weighted by atomic mass is 16.7. The number of carbonyl (C=O) groups excluding carboxylic acids is 1. The molecule has 1 amide bonds. The summed E-state index contributed by atoms with van der Waals surface area (Å²) in [4.78, 5) is 13.4. The van der Waals surface area contributed by atoms with E-state index in [2.05, 4.69) is 0 Å². The van der Waals surface area contributed by atoms with Crippen LogP contribution in [-0.2, 0) is 9.47 Å². The molecule has 0 N–H and O–H groups in total. The van der Waals surface area contributed by atoms with Gasteiger partial charge in [0.15, 0.2) is 6.79 Å². The van der Waals surface area contributed by atoms with Crippen LogP contribution in [0, 0.1) is 5.92 Å². The van der Waals surface area contributed by atoms with Crippen molar-refractivity contribution in [2.45, 2.75) is 31.7 Å². The summed E-state index contributed by atoms with van der Waals surface area (Å²) in [6.07, 6.45) is 4.52. The Kier molecular flexibility index (Phi) is 2.91. The van der Waals surface area contributed by atoms with E-state index < -0.39 is 0 Å². The lowest BCUT2D eigenvalue weighted by atomic mass is 10.00. The standard InChI is InChI=1S/C10H17NO3/c1-13-7-14-10(12)11-5-4-8-2-3-9(11)6-8/h8-9H,2-7H2,1H3. The van der Waals surface area contributed by atoms with Gasteiger partial charge in [0.2, 0.25) is 0 Å². The van der Waals surface area contributed by atoms with Gasteiger partial charge in [-0.25, -0.2) is 4.79 Å². The summed E-state index contributed by atoms with van der Waals surface area (Å²) in [6, 6.07) is 0.429. The number of hydrogen-bond acceptors (Lipinski definition) is 3. The molecule has 0 aromatic rings. The Bertz CT molecular complexity index is 219. The maximum Gasteiger partial charge on any atom is 0.412 e. The van der Waals surface area contributed by atoms with E-state index in [0.29, 0.717) is 6.04 Å². The molecule has 14 heavy (non-hydrogen) atoms. The first-order valence-corrected chi connectivity index (χ1v) is 5.23. The minimum absolute atomic E-state index is 0.0610. The average molecular weight is 199 g/mol. The van der Waals surface area contributed by atoms with Gasteiger partial charge in [-0.05, 0) is 31.6 Å². The van der Waals surface area contributed by atoms with E-state index in [4.69, 9.17) is 9.47 Å². The maximum atomic E-state index is 11.6. The monoisotopic (exact) mass is 199 g/mol. The van der Waals surface area contributed by atoms with Crippen LogP contribution in [-0.4, -0.2) is 37.5 Å². The van der Waals surface area contributed by atoms with Gasteiger partial charge < -0.3 is 14.4 Å². The second-order valence-corrected chi connectivity index (χ2v) is 4.13. The summed E-state index contributed by atoms with van der Waals surface area (Å²) >= 11 is 0. The molecule has 2 atom stereocenters. The van der Waals surface area contributed by atoms with Gasteiger partial charge in [0.05, 0.1) is 0 Å². The fraction of sp³-hybridized carbons (Fsp3) is 0.900. The zero-order valence-corrected chi connectivity index (χ0v) is 8.57. The molecule has 0 radical (unpaired) electrons. The van der Waals surface area contributed by atoms with Crippen molar-refractivity contribution in [1.29, 1.82) is 0 Å². The Labute approximate surface area is 84.2 Å². The van der Waals surface area contributed by atoms with Crippen LogP contribution in [0.1, 0.15) is 25.7 Å². The minimum Gasteiger partial charge on any atom is -0.422 e. The van der Waals surface area contributed by atoms with Crippen molar-refractivity contribution >= 4 is 6.09 Å². The first-order valence-electron chi connectivity index (χ1n) is 5.23. The summed E-state index contributed by atoms with van der Waals surface area (Å²) in [5, 5.41) is 0. The third-order valence-corrected chi connectivity index (χ3v) is 3.27. The fourth-order valence-corrected chi connectivity index (χ4v) is 2.53.